The molecule has 1 aromatic heterocycles. The first-order chi connectivity index (χ1) is 6.25. The average molecular weight is 176 g/mol. The number of hydrogen-bond donors (Lipinski definition) is 0. The number of ketones is 1. The largest absolute Gasteiger partial charge is 0.292 e. The molecule has 0 radical (unpaired) electrons. The van der Waals surface area contributed by atoms with Gasteiger partial charge in [-0.25, -0.2) is 0 Å². The molecule has 1 aliphatic rings. The summed E-state index contributed by atoms with van der Waals surface area (Å²) >= 11 is 0. The van der Waals surface area contributed by atoms with Crippen LogP contribution in [0.4, 0.5) is 0 Å². The van der Waals surface area contributed by atoms with Gasteiger partial charge in [-0.15, -0.1) is 0 Å². The van der Waals surface area contributed by atoms with E-state index in [4.69, 9.17) is 0 Å². The van der Waals surface area contributed by atoms with Crippen LogP contribution in [0.1, 0.15) is 18.4 Å². The third-order valence-corrected chi connectivity index (χ3v) is 2.38. The number of aryl methyl sites for hydroxylation is 1. The standard InChI is InChI=1S/C11H14NO/c1-9-3-2-6-12(7-9)8-11(13)10-4-5-10/h2-3,6-7,10H,4-5,8H2,1H3/q+1. The molecule has 0 aliphatic heterocycles. The van der Waals surface area contributed by atoms with E-state index in [1.165, 1.54) is 5.56 Å². The molecule has 68 valence electrons. The van der Waals surface area contributed by atoms with E-state index in [0.29, 0.717) is 18.2 Å². The molecule has 0 spiro atoms. The summed E-state index contributed by atoms with van der Waals surface area (Å²) in [6.45, 7) is 2.59. The number of Topliss-reactive ketones (excluding diaryl/α,β-unsaturated/α-hetero) is 1. The average Bonchev–Trinajstić information content (AvgIpc) is 2.85. The van der Waals surface area contributed by atoms with Crippen LogP contribution in [0.3, 0.4) is 0 Å². The molecule has 0 atom stereocenters. The zero-order valence-electron chi connectivity index (χ0n) is 7.86. The van der Waals surface area contributed by atoms with E-state index < -0.39 is 0 Å². The van der Waals surface area contributed by atoms with Crippen LogP contribution in [0.2, 0.25) is 0 Å². The minimum absolute atomic E-state index is 0.369. The Hall–Kier alpha value is -1.18. The Morgan fingerprint density at radius 1 is 1.62 bits per heavy atom. The van der Waals surface area contributed by atoms with Crippen LogP contribution in [0.5, 0.6) is 0 Å². The molecule has 0 N–H and O–H groups in total. The Morgan fingerprint density at radius 2 is 2.38 bits per heavy atom. The summed E-state index contributed by atoms with van der Waals surface area (Å²) in [5.41, 5.74) is 1.20. The van der Waals surface area contributed by atoms with Crippen LogP contribution in [0.15, 0.2) is 24.5 Å². The molecule has 2 heteroatoms. The second-order valence-electron chi connectivity index (χ2n) is 3.79. The Kier molecular flexibility index (Phi) is 2.13. The van der Waals surface area contributed by atoms with Crippen LogP contribution in [-0.2, 0) is 11.3 Å². The summed E-state index contributed by atoms with van der Waals surface area (Å²) in [5, 5.41) is 0. The van der Waals surface area contributed by atoms with Crippen molar-refractivity contribution in [1.29, 1.82) is 0 Å². The zero-order chi connectivity index (χ0) is 9.26. The van der Waals surface area contributed by atoms with E-state index in [9.17, 15) is 4.79 Å². The Bertz CT molecular complexity index is 329. The molecule has 2 nitrogen and oxygen atoms in total. The molecular formula is C11H14NO+. The van der Waals surface area contributed by atoms with Crippen LogP contribution < -0.4 is 4.57 Å². The highest BCUT2D eigenvalue weighted by Gasteiger charge is 2.31. The fourth-order valence-corrected chi connectivity index (χ4v) is 1.47. The SMILES string of the molecule is Cc1ccc[n+](CC(=O)C2CC2)c1. The van der Waals surface area contributed by atoms with Crippen molar-refractivity contribution in [3.8, 4) is 0 Å². The number of rotatable bonds is 3. The molecule has 13 heavy (non-hydrogen) atoms. The van der Waals surface area contributed by atoms with Gasteiger partial charge in [0.1, 0.15) is 0 Å². The van der Waals surface area contributed by atoms with Gasteiger partial charge in [-0.1, -0.05) is 0 Å². The lowest BCUT2D eigenvalue weighted by atomic mass is 10.2. The van der Waals surface area contributed by atoms with Gasteiger partial charge in [-0.2, -0.15) is 4.57 Å². The van der Waals surface area contributed by atoms with E-state index in [0.717, 1.165) is 12.8 Å². The molecule has 0 saturated heterocycles. The van der Waals surface area contributed by atoms with Crippen molar-refractivity contribution in [2.75, 3.05) is 0 Å². The van der Waals surface area contributed by atoms with E-state index in [2.05, 4.69) is 0 Å². The molecule has 0 bridgehead atoms. The predicted octanol–water partition coefficient (Wildman–Crippen LogP) is 1.26. The summed E-state index contributed by atoms with van der Waals surface area (Å²) in [6, 6.07) is 4.02. The maximum atomic E-state index is 11.5. The number of nitrogens with zero attached hydrogens (tertiary/aromatic N) is 1. The third-order valence-electron chi connectivity index (χ3n) is 2.38. The minimum atomic E-state index is 0.369. The van der Waals surface area contributed by atoms with E-state index >= 15 is 0 Å². The molecule has 0 aromatic carbocycles. The molecule has 1 aromatic rings. The van der Waals surface area contributed by atoms with Crippen molar-refractivity contribution >= 4 is 5.78 Å². The van der Waals surface area contributed by atoms with Gasteiger partial charge in [-0.05, 0) is 25.8 Å². The van der Waals surface area contributed by atoms with Gasteiger partial charge in [0.2, 0.25) is 6.54 Å². The van der Waals surface area contributed by atoms with Crippen LogP contribution in [-0.4, -0.2) is 5.78 Å². The van der Waals surface area contributed by atoms with Crippen molar-refractivity contribution in [2.24, 2.45) is 5.92 Å². The van der Waals surface area contributed by atoms with Crippen molar-refractivity contribution in [1.82, 2.24) is 0 Å². The highest BCUT2D eigenvalue weighted by Crippen LogP contribution is 2.29. The van der Waals surface area contributed by atoms with Crippen molar-refractivity contribution in [3.63, 3.8) is 0 Å². The summed E-state index contributed by atoms with van der Waals surface area (Å²) < 4.78 is 1.97. The molecule has 0 amide bonds. The smallest absolute Gasteiger partial charge is 0.206 e. The van der Waals surface area contributed by atoms with Gasteiger partial charge >= 0.3 is 0 Å². The molecule has 1 saturated carbocycles. The fraction of sp³-hybridized carbons (Fsp3) is 0.455. The quantitative estimate of drug-likeness (QED) is 0.635. The van der Waals surface area contributed by atoms with Crippen molar-refractivity contribution < 1.29 is 9.36 Å². The summed E-state index contributed by atoms with van der Waals surface area (Å²) in [6.07, 6.45) is 6.17. The van der Waals surface area contributed by atoms with Gasteiger partial charge in [0.05, 0.1) is 0 Å². The maximum absolute atomic E-state index is 11.5. The Morgan fingerprint density at radius 3 is 3.00 bits per heavy atom. The lowest BCUT2D eigenvalue weighted by Gasteiger charge is -1.95. The molecule has 1 heterocycles. The summed E-state index contributed by atoms with van der Waals surface area (Å²) in [5.74, 6) is 0.753. The van der Waals surface area contributed by atoms with Gasteiger partial charge in [0, 0.05) is 17.5 Å². The summed E-state index contributed by atoms with van der Waals surface area (Å²) in [7, 11) is 0. The van der Waals surface area contributed by atoms with Gasteiger partial charge in [0.25, 0.3) is 0 Å². The normalized spacial score (nSPS) is 15.8. The fourth-order valence-electron chi connectivity index (χ4n) is 1.47. The third kappa shape index (κ3) is 2.14. The number of carbonyl (C=O) groups excluding carboxylic acids is 1. The minimum Gasteiger partial charge on any atom is -0.292 e. The second kappa shape index (κ2) is 3.29. The number of pyridine rings is 1. The van der Waals surface area contributed by atoms with Crippen molar-refractivity contribution in [3.05, 3.63) is 30.1 Å². The van der Waals surface area contributed by atoms with Gasteiger partial charge < -0.3 is 0 Å². The zero-order valence-corrected chi connectivity index (χ0v) is 7.86. The number of aromatic nitrogens is 1. The molecular weight excluding hydrogens is 162 g/mol. The molecule has 2 rings (SSSR count). The Labute approximate surface area is 78.2 Å². The monoisotopic (exact) mass is 176 g/mol. The Balaban J connectivity index is 2.04. The number of hydrogen-bond acceptors (Lipinski definition) is 1. The van der Waals surface area contributed by atoms with E-state index in [1.807, 2.05) is 36.0 Å². The first-order valence-electron chi connectivity index (χ1n) is 4.74. The van der Waals surface area contributed by atoms with Crippen molar-refractivity contribution in [2.45, 2.75) is 26.3 Å². The second-order valence-corrected chi connectivity index (χ2v) is 3.79. The maximum Gasteiger partial charge on any atom is 0.206 e. The van der Waals surface area contributed by atoms with Gasteiger partial charge in [-0.3, -0.25) is 4.79 Å². The summed E-state index contributed by atoms with van der Waals surface area (Å²) in [4.78, 5) is 11.5. The molecule has 0 unspecified atom stereocenters. The topological polar surface area (TPSA) is 20.9 Å². The van der Waals surface area contributed by atoms with Crippen LogP contribution in [0, 0.1) is 12.8 Å². The van der Waals surface area contributed by atoms with Gasteiger partial charge in [0.15, 0.2) is 18.2 Å². The van der Waals surface area contributed by atoms with E-state index in [-0.39, 0.29) is 0 Å². The number of carbonyl (C=O) groups is 1. The molecule has 1 fully saturated rings. The van der Waals surface area contributed by atoms with E-state index in [1.54, 1.807) is 0 Å². The lowest BCUT2D eigenvalue weighted by Crippen LogP contribution is -2.37. The predicted molar refractivity (Wildman–Crippen MR) is 49.1 cm³/mol. The van der Waals surface area contributed by atoms with Crippen LogP contribution in [0.25, 0.3) is 0 Å². The first-order valence-corrected chi connectivity index (χ1v) is 4.74. The van der Waals surface area contributed by atoms with Crippen LogP contribution >= 0.6 is 0 Å². The molecule has 1 aliphatic carbocycles. The highest BCUT2D eigenvalue weighted by atomic mass is 16.1. The highest BCUT2D eigenvalue weighted by molar-refractivity contribution is 5.81. The lowest BCUT2D eigenvalue weighted by molar-refractivity contribution is -0.684. The first kappa shape index (κ1) is 8.42.